The second kappa shape index (κ2) is 5.67. The second-order valence-corrected chi connectivity index (χ2v) is 4.01. The number of esters is 1. The van der Waals surface area contributed by atoms with Gasteiger partial charge >= 0.3 is 5.97 Å². The fraction of sp³-hybridized carbons (Fsp3) is 0.154. The van der Waals surface area contributed by atoms with Crippen LogP contribution in [0.15, 0.2) is 30.7 Å². The molecule has 0 atom stereocenters. The highest BCUT2D eigenvalue weighted by Gasteiger charge is 2.17. The Morgan fingerprint density at radius 2 is 2.05 bits per heavy atom. The van der Waals surface area contributed by atoms with Crippen molar-refractivity contribution in [3.8, 4) is 16.9 Å². The van der Waals surface area contributed by atoms with Gasteiger partial charge in [-0.2, -0.15) is 0 Å². The standard InChI is InChI=1S/C13H11ClN2O3/c1-18-11-7-16-12(14)5-9(11)10-6-15-4-3-8(10)13(17)19-2/h3-7H,1-2H3. The molecule has 0 fully saturated rings. The fourth-order valence-corrected chi connectivity index (χ4v) is 1.85. The van der Waals surface area contributed by atoms with Crippen molar-refractivity contribution < 1.29 is 14.3 Å². The van der Waals surface area contributed by atoms with E-state index in [9.17, 15) is 4.79 Å². The molecule has 0 saturated heterocycles. The van der Waals surface area contributed by atoms with Gasteiger partial charge in [-0.3, -0.25) is 4.98 Å². The highest BCUT2D eigenvalue weighted by Crippen LogP contribution is 2.33. The normalized spacial score (nSPS) is 10.1. The van der Waals surface area contributed by atoms with Gasteiger partial charge in [0.1, 0.15) is 10.9 Å². The van der Waals surface area contributed by atoms with E-state index in [1.54, 1.807) is 18.3 Å². The predicted molar refractivity (Wildman–Crippen MR) is 70.4 cm³/mol. The van der Waals surface area contributed by atoms with Crippen LogP contribution in [0.25, 0.3) is 11.1 Å². The SMILES string of the molecule is COC(=O)c1ccncc1-c1cc(Cl)ncc1OC. The molecule has 6 heteroatoms. The Hall–Kier alpha value is -2.14. The van der Waals surface area contributed by atoms with Gasteiger partial charge in [-0.05, 0) is 12.1 Å². The predicted octanol–water partition coefficient (Wildman–Crippen LogP) is 2.59. The molecule has 2 rings (SSSR count). The summed E-state index contributed by atoms with van der Waals surface area (Å²) in [6, 6.07) is 3.19. The van der Waals surface area contributed by atoms with Crippen LogP contribution in [0.5, 0.6) is 5.75 Å². The van der Waals surface area contributed by atoms with Gasteiger partial charge in [-0.1, -0.05) is 11.6 Å². The van der Waals surface area contributed by atoms with Crippen LogP contribution in [-0.4, -0.2) is 30.2 Å². The van der Waals surface area contributed by atoms with E-state index >= 15 is 0 Å². The molecule has 0 unspecified atom stereocenters. The summed E-state index contributed by atoms with van der Waals surface area (Å²) in [6.45, 7) is 0. The van der Waals surface area contributed by atoms with Crippen LogP contribution in [0.2, 0.25) is 5.15 Å². The molecule has 0 bridgehead atoms. The summed E-state index contributed by atoms with van der Waals surface area (Å²) in [7, 11) is 2.84. The van der Waals surface area contributed by atoms with Gasteiger partial charge in [0.05, 0.1) is 26.0 Å². The van der Waals surface area contributed by atoms with Crippen molar-refractivity contribution >= 4 is 17.6 Å². The summed E-state index contributed by atoms with van der Waals surface area (Å²) >= 11 is 5.89. The largest absolute Gasteiger partial charge is 0.494 e. The third kappa shape index (κ3) is 2.66. The Morgan fingerprint density at radius 1 is 1.26 bits per heavy atom. The zero-order valence-electron chi connectivity index (χ0n) is 10.4. The van der Waals surface area contributed by atoms with Crippen molar-refractivity contribution in [1.82, 2.24) is 9.97 Å². The maximum atomic E-state index is 11.8. The topological polar surface area (TPSA) is 61.3 Å². The first-order chi connectivity index (χ1) is 9.17. The molecule has 98 valence electrons. The van der Waals surface area contributed by atoms with Gasteiger partial charge in [0.25, 0.3) is 0 Å². The molecule has 0 saturated carbocycles. The van der Waals surface area contributed by atoms with Gasteiger partial charge in [0.15, 0.2) is 0 Å². The first kappa shape index (κ1) is 13.3. The molecule has 0 aliphatic heterocycles. The summed E-state index contributed by atoms with van der Waals surface area (Å²) < 4.78 is 9.97. The van der Waals surface area contributed by atoms with E-state index in [-0.39, 0.29) is 0 Å². The molecule has 0 aliphatic rings. The number of ether oxygens (including phenoxy) is 2. The molecule has 0 radical (unpaired) electrons. The summed E-state index contributed by atoms with van der Waals surface area (Å²) in [5.74, 6) is 0.0509. The maximum absolute atomic E-state index is 11.8. The first-order valence-corrected chi connectivity index (χ1v) is 5.77. The third-order valence-corrected chi connectivity index (χ3v) is 2.78. The maximum Gasteiger partial charge on any atom is 0.338 e. The number of pyridine rings is 2. The average Bonchev–Trinajstić information content (AvgIpc) is 2.46. The summed E-state index contributed by atoms with van der Waals surface area (Å²) in [5.41, 5.74) is 1.60. The lowest BCUT2D eigenvalue weighted by Crippen LogP contribution is -2.04. The molecule has 0 spiro atoms. The monoisotopic (exact) mass is 278 g/mol. The molecule has 19 heavy (non-hydrogen) atoms. The van der Waals surface area contributed by atoms with Gasteiger partial charge < -0.3 is 9.47 Å². The molecule has 2 aromatic rings. The quantitative estimate of drug-likeness (QED) is 0.638. The van der Waals surface area contributed by atoms with Crippen LogP contribution in [-0.2, 0) is 4.74 Å². The Labute approximate surface area is 115 Å². The Morgan fingerprint density at radius 3 is 2.74 bits per heavy atom. The highest BCUT2D eigenvalue weighted by atomic mass is 35.5. The minimum absolute atomic E-state index is 0.301. The number of hydrogen-bond donors (Lipinski definition) is 0. The number of methoxy groups -OCH3 is 2. The summed E-state index contributed by atoms with van der Waals surface area (Å²) in [5, 5.41) is 0.301. The number of aromatic nitrogens is 2. The van der Waals surface area contributed by atoms with E-state index in [4.69, 9.17) is 21.1 Å². The number of carbonyl (C=O) groups excluding carboxylic acids is 1. The second-order valence-electron chi connectivity index (χ2n) is 3.62. The molecule has 2 heterocycles. The molecule has 0 aromatic carbocycles. The number of rotatable bonds is 3. The van der Waals surface area contributed by atoms with E-state index in [1.165, 1.54) is 26.6 Å². The summed E-state index contributed by atoms with van der Waals surface area (Å²) in [6.07, 6.45) is 4.57. The lowest BCUT2D eigenvalue weighted by atomic mass is 10.0. The molecule has 0 aliphatic carbocycles. The van der Waals surface area contributed by atoms with Crippen LogP contribution in [0.1, 0.15) is 10.4 Å². The Bertz CT molecular complexity index is 617. The van der Waals surface area contributed by atoms with Gasteiger partial charge in [-0.25, -0.2) is 9.78 Å². The van der Waals surface area contributed by atoms with Crippen molar-refractivity contribution in [3.63, 3.8) is 0 Å². The molecular formula is C13H11ClN2O3. The van der Waals surface area contributed by atoms with E-state index in [0.717, 1.165) is 0 Å². The van der Waals surface area contributed by atoms with Crippen molar-refractivity contribution in [2.45, 2.75) is 0 Å². The van der Waals surface area contributed by atoms with Crippen molar-refractivity contribution in [3.05, 3.63) is 41.4 Å². The van der Waals surface area contributed by atoms with Crippen LogP contribution in [0.3, 0.4) is 0 Å². The van der Waals surface area contributed by atoms with Crippen molar-refractivity contribution in [2.24, 2.45) is 0 Å². The van der Waals surface area contributed by atoms with E-state index in [0.29, 0.717) is 27.6 Å². The van der Waals surface area contributed by atoms with Crippen molar-refractivity contribution in [1.29, 1.82) is 0 Å². The lowest BCUT2D eigenvalue weighted by molar-refractivity contribution is 0.0601. The molecule has 2 aromatic heterocycles. The number of hydrogen-bond acceptors (Lipinski definition) is 5. The van der Waals surface area contributed by atoms with Crippen molar-refractivity contribution in [2.75, 3.05) is 14.2 Å². The highest BCUT2D eigenvalue weighted by molar-refractivity contribution is 6.29. The number of nitrogens with zero attached hydrogens (tertiary/aromatic N) is 2. The Kier molecular flexibility index (Phi) is 3.97. The van der Waals surface area contributed by atoms with E-state index < -0.39 is 5.97 Å². The molecule has 0 N–H and O–H groups in total. The zero-order valence-corrected chi connectivity index (χ0v) is 11.1. The third-order valence-electron chi connectivity index (χ3n) is 2.57. The van der Waals surface area contributed by atoms with Crippen LogP contribution < -0.4 is 4.74 Å². The van der Waals surface area contributed by atoms with Gasteiger partial charge in [0.2, 0.25) is 0 Å². The molecule has 5 nitrogen and oxygen atoms in total. The lowest BCUT2D eigenvalue weighted by Gasteiger charge is -2.11. The van der Waals surface area contributed by atoms with Crippen LogP contribution in [0, 0.1) is 0 Å². The molecule has 0 amide bonds. The minimum Gasteiger partial charge on any atom is -0.494 e. The molecular weight excluding hydrogens is 268 g/mol. The number of carbonyl (C=O) groups is 1. The first-order valence-electron chi connectivity index (χ1n) is 5.39. The summed E-state index contributed by atoms with van der Waals surface area (Å²) in [4.78, 5) is 19.7. The number of halogens is 1. The van der Waals surface area contributed by atoms with Gasteiger partial charge in [0, 0.05) is 23.5 Å². The van der Waals surface area contributed by atoms with Gasteiger partial charge in [-0.15, -0.1) is 0 Å². The Balaban J connectivity index is 2.65. The fourth-order valence-electron chi connectivity index (χ4n) is 1.69. The van der Waals surface area contributed by atoms with E-state index in [2.05, 4.69) is 9.97 Å². The zero-order chi connectivity index (χ0) is 13.8. The van der Waals surface area contributed by atoms with Crippen LogP contribution in [0.4, 0.5) is 0 Å². The average molecular weight is 279 g/mol. The van der Waals surface area contributed by atoms with Crippen LogP contribution >= 0.6 is 11.6 Å². The van der Waals surface area contributed by atoms with E-state index in [1.807, 2.05) is 0 Å². The minimum atomic E-state index is -0.451. The smallest absolute Gasteiger partial charge is 0.338 e.